The Bertz CT molecular complexity index is 1440. The third-order valence-corrected chi connectivity index (χ3v) is 11.1. The molecule has 14 heteroatoms. The number of carbonyl (C=O) groups excluding carboxylic acids is 2. The molecule has 2 aromatic rings. The van der Waals surface area contributed by atoms with E-state index >= 15 is 0 Å². The van der Waals surface area contributed by atoms with Crippen molar-refractivity contribution in [1.29, 1.82) is 0 Å². The molecule has 1 heterocycles. The van der Waals surface area contributed by atoms with Crippen LogP contribution in [0.1, 0.15) is 87.0 Å². The minimum atomic E-state index is -4.50. The molecule has 1 atom stereocenters. The summed E-state index contributed by atoms with van der Waals surface area (Å²) in [5, 5.41) is 2.72. The minimum absolute atomic E-state index is 0.0504. The number of nitrogens with one attached hydrogen (secondary N) is 1. The summed E-state index contributed by atoms with van der Waals surface area (Å²) in [5.74, 6) is -0.947. The van der Waals surface area contributed by atoms with Gasteiger partial charge in [-0.3, -0.25) is 14.5 Å². The predicted octanol–water partition coefficient (Wildman–Crippen LogP) is 7.51. The lowest BCUT2D eigenvalue weighted by atomic mass is 10.0. The van der Waals surface area contributed by atoms with E-state index < -0.39 is 44.8 Å². The van der Waals surface area contributed by atoms with Crippen molar-refractivity contribution < 1.29 is 44.7 Å². The second kappa shape index (κ2) is 17.3. The van der Waals surface area contributed by atoms with Crippen molar-refractivity contribution in [3.05, 3.63) is 70.8 Å². The van der Waals surface area contributed by atoms with E-state index in [2.05, 4.69) is 12.2 Å². The second-order valence-electron chi connectivity index (χ2n) is 13.3. The third kappa shape index (κ3) is 13.7. The summed E-state index contributed by atoms with van der Waals surface area (Å²) in [6.07, 6.45) is -0.654. The topological polar surface area (TPSA) is 90.0 Å². The minimum Gasteiger partial charge on any atom is -0.351 e. The summed E-state index contributed by atoms with van der Waals surface area (Å²) in [6.45, 7) is 2.36. The first-order valence-corrected chi connectivity index (χ1v) is 19.5. The maximum Gasteiger partial charge on any atom is 0.416 e. The molecule has 2 amide bonds. The average molecular weight is 722 g/mol. The summed E-state index contributed by atoms with van der Waals surface area (Å²) in [6, 6.07) is 8.47. The molecule has 276 valence electrons. The van der Waals surface area contributed by atoms with Gasteiger partial charge >= 0.3 is 12.4 Å². The summed E-state index contributed by atoms with van der Waals surface area (Å²) in [7, 11) is -4.17. The normalized spacial score (nSPS) is 17.0. The van der Waals surface area contributed by atoms with Gasteiger partial charge in [0.1, 0.15) is 6.04 Å². The van der Waals surface area contributed by atoms with Gasteiger partial charge in [-0.15, -0.1) is 0 Å². The van der Waals surface area contributed by atoms with E-state index in [4.69, 9.17) is 0 Å². The summed E-state index contributed by atoms with van der Waals surface area (Å²) in [5.41, 5.74) is -0.597. The summed E-state index contributed by atoms with van der Waals surface area (Å²) < 4.78 is 103. The van der Waals surface area contributed by atoms with Crippen LogP contribution in [-0.4, -0.2) is 73.9 Å². The van der Waals surface area contributed by atoms with Gasteiger partial charge in [-0.2, -0.15) is 35.7 Å². The molecule has 0 aromatic heterocycles. The zero-order valence-electron chi connectivity index (χ0n) is 28.3. The molecule has 1 saturated heterocycles. The van der Waals surface area contributed by atoms with Crippen LogP contribution in [0.4, 0.5) is 26.3 Å². The standard InChI is InChI=1S/C35H49F6N3O4S/c1-3-4-5-6-7-10-22-49(2,47,48)26-44-21-20-43(32(45)15-9-8-12-27-13-11-14-30(23-27)35(39,40)41)25-31(44)33(46)42-24-28-16-18-29(19-17-28)34(36,37)38/h11,13-14,16-19,23,31H,3-10,12,15,20-22,24-26H2,1-2H3,(H,42,46)(H,47,48). The van der Waals surface area contributed by atoms with Crippen molar-refractivity contribution in [3.8, 4) is 0 Å². The molecular formula is C35H49F6N3O4S. The molecule has 1 unspecified atom stereocenters. The zero-order valence-corrected chi connectivity index (χ0v) is 29.1. The van der Waals surface area contributed by atoms with Gasteiger partial charge in [-0.05, 0) is 55.0 Å². The monoisotopic (exact) mass is 721 g/mol. The van der Waals surface area contributed by atoms with Gasteiger partial charge in [0.25, 0.3) is 0 Å². The highest BCUT2D eigenvalue weighted by molar-refractivity contribution is 8.14. The first-order valence-electron chi connectivity index (χ1n) is 16.8. The molecule has 0 aliphatic carbocycles. The van der Waals surface area contributed by atoms with E-state index in [0.717, 1.165) is 56.4 Å². The summed E-state index contributed by atoms with van der Waals surface area (Å²) >= 11 is 0. The number of unbranched alkanes of at least 4 members (excludes halogenated alkanes) is 6. The molecule has 0 radical (unpaired) electrons. The SMILES string of the molecule is CCCCCCCCS(C)(=O)(O)CN1CCN(C(=O)CCCCc2cccc(C(F)(F)F)c2)CC1C(=O)NCc1ccc(C(F)(F)F)cc1. The Hall–Kier alpha value is -2.97. The first kappa shape index (κ1) is 40.5. The number of piperazine rings is 1. The average Bonchev–Trinajstić information content (AvgIpc) is 3.02. The fourth-order valence-corrected chi connectivity index (χ4v) is 8.21. The van der Waals surface area contributed by atoms with Crippen molar-refractivity contribution in [2.45, 2.75) is 96.1 Å². The number of carbonyl (C=O) groups is 2. The fourth-order valence-electron chi connectivity index (χ4n) is 5.98. The Morgan fingerprint density at radius 1 is 0.857 bits per heavy atom. The Kier molecular flexibility index (Phi) is 14.3. The van der Waals surface area contributed by atoms with Crippen molar-refractivity contribution in [2.24, 2.45) is 0 Å². The van der Waals surface area contributed by atoms with Crippen molar-refractivity contribution >= 4 is 21.2 Å². The maximum absolute atomic E-state index is 13.7. The molecule has 0 saturated carbocycles. The molecule has 49 heavy (non-hydrogen) atoms. The molecule has 0 spiro atoms. The van der Waals surface area contributed by atoms with Gasteiger partial charge in [0.15, 0.2) is 0 Å². The fraction of sp³-hybridized carbons (Fsp3) is 0.600. The van der Waals surface area contributed by atoms with E-state index in [-0.39, 0.29) is 50.1 Å². The van der Waals surface area contributed by atoms with Crippen LogP contribution < -0.4 is 5.32 Å². The van der Waals surface area contributed by atoms with Gasteiger partial charge in [-0.1, -0.05) is 69.4 Å². The molecule has 7 nitrogen and oxygen atoms in total. The Morgan fingerprint density at radius 3 is 2.16 bits per heavy atom. The molecule has 1 aliphatic heterocycles. The highest BCUT2D eigenvalue weighted by Crippen LogP contribution is 2.31. The van der Waals surface area contributed by atoms with Gasteiger partial charge < -0.3 is 14.8 Å². The van der Waals surface area contributed by atoms with Crippen LogP contribution in [0.3, 0.4) is 0 Å². The second-order valence-corrected chi connectivity index (χ2v) is 17.4. The van der Waals surface area contributed by atoms with Gasteiger partial charge in [0.05, 0.1) is 17.0 Å². The van der Waals surface area contributed by atoms with Crippen molar-refractivity contribution in [1.82, 2.24) is 15.1 Å². The van der Waals surface area contributed by atoms with Crippen LogP contribution in [0.2, 0.25) is 0 Å². The van der Waals surface area contributed by atoms with Crippen LogP contribution in [0.5, 0.6) is 0 Å². The van der Waals surface area contributed by atoms with Crippen LogP contribution >= 0.6 is 0 Å². The van der Waals surface area contributed by atoms with Gasteiger partial charge in [-0.25, -0.2) is 4.21 Å². The van der Waals surface area contributed by atoms with Crippen molar-refractivity contribution in [3.63, 3.8) is 0 Å². The highest BCUT2D eigenvalue weighted by Gasteiger charge is 2.38. The van der Waals surface area contributed by atoms with Crippen LogP contribution in [0.15, 0.2) is 48.5 Å². The van der Waals surface area contributed by atoms with E-state index in [0.29, 0.717) is 36.8 Å². The van der Waals surface area contributed by atoms with Gasteiger partial charge in [0.2, 0.25) is 11.8 Å². The highest BCUT2D eigenvalue weighted by atomic mass is 32.3. The molecule has 2 N–H and O–H groups in total. The number of alkyl halides is 6. The van der Waals surface area contributed by atoms with Crippen LogP contribution in [-0.2, 0) is 44.3 Å². The quantitative estimate of drug-likeness (QED) is 0.131. The van der Waals surface area contributed by atoms with E-state index in [9.17, 15) is 44.7 Å². The molecule has 3 rings (SSSR count). The molecule has 1 aliphatic rings. The Labute approximate surface area is 285 Å². The lowest BCUT2D eigenvalue weighted by Gasteiger charge is -2.48. The number of amides is 2. The largest absolute Gasteiger partial charge is 0.416 e. The molecular weight excluding hydrogens is 672 g/mol. The maximum atomic E-state index is 13.7. The van der Waals surface area contributed by atoms with Crippen LogP contribution in [0.25, 0.3) is 0 Å². The molecule has 0 bridgehead atoms. The number of hydrogen-bond donors (Lipinski definition) is 2. The number of nitrogens with zero attached hydrogens (tertiary/aromatic N) is 2. The number of halogens is 6. The lowest BCUT2D eigenvalue weighted by molar-refractivity contribution is -0.139. The van der Waals surface area contributed by atoms with E-state index in [1.807, 2.05) is 0 Å². The van der Waals surface area contributed by atoms with E-state index in [1.54, 1.807) is 11.0 Å². The number of aryl methyl sites for hydroxylation is 1. The van der Waals surface area contributed by atoms with Crippen LogP contribution in [0, 0.1) is 0 Å². The lowest BCUT2D eigenvalue weighted by Crippen LogP contribution is -2.63. The summed E-state index contributed by atoms with van der Waals surface area (Å²) in [4.78, 5) is 29.8. The van der Waals surface area contributed by atoms with Crippen molar-refractivity contribution in [2.75, 3.05) is 37.5 Å². The van der Waals surface area contributed by atoms with Gasteiger partial charge in [0, 0.05) is 44.6 Å². The number of hydrogen-bond acceptors (Lipinski definition) is 4. The van der Waals surface area contributed by atoms with E-state index in [1.165, 1.54) is 29.4 Å². The number of benzene rings is 2. The number of rotatable bonds is 17. The molecule has 2 aromatic carbocycles. The first-order chi connectivity index (χ1) is 22.9. The zero-order chi connectivity index (χ0) is 36.3. The Balaban J connectivity index is 1.64. The molecule has 1 fully saturated rings. The predicted molar refractivity (Wildman–Crippen MR) is 179 cm³/mol. The third-order valence-electron chi connectivity index (χ3n) is 8.77. The Morgan fingerprint density at radius 2 is 1.51 bits per heavy atom. The smallest absolute Gasteiger partial charge is 0.351 e.